The Morgan fingerprint density at radius 3 is 2.68 bits per heavy atom. The van der Waals surface area contributed by atoms with Crippen LogP contribution in [0.1, 0.15) is 19.8 Å². The van der Waals surface area contributed by atoms with Crippen molar-refractivity contribution in [3.05, 3.63) is 24.3 Å². The third-order valence-corrected chi connectivity index (χ3v) is 6.74. The summed E-state index contributed by atoms with van der Waals surface area (Å²) >= 11 is 0. The van der Waals surface area contributed by atoms with E-state index in [1.54, 1.807) is 35.7 Å². The van der Waals surface area contributed by atoms with Crippen LogP contribution in [0.5, 0.6) is 5.75 Å². The van der Waals surface area contributed by atoms with E-state index in [2.05, 4.69) is 6.92 Å². The van der Waals surface area contributed by atoms with Crippen molar-refractivity contribution in [2.24, 2.45) is 11.8 Å². The van der Waals surface area contributed by atoms with Gasteiger partial charge in [0.25, 0.3) is 0 Å². The number of sulfonamides is 1. The average Bonchev–Trinajstić information content (AvgIpc) is 2.97. The zero-order valence-corrected chi connectivity index (χ0v) is 13.9. The monoisotopic (exact) mass is 325 g/mol. The molecule has 3 rings (SSSR count). The third-order valence-electron chi connectivity index (χ3n) is 4.86. The Morgan fingerprint density at radius 1 is 1.32 bits per heavy atom. The summed E-state index contributed by atoms with van der Waals surface area (Å²) in [7, 11) is -1.86. The van der Waals surface area contributed by atoms with Gasteiger partial charge in [-0.3, -0.25) is 0 Å². The van der Waals surface area contributed by atoms with Crippen molar-refractivity contribution in [2.45, 2.75) is 30.8 Å². The van der Waals surface area contributed by atoms with Crippen molar-refractivity contribution < 1.29 is 17.9 Å². The van der Waals surface area contributed by atoms with E-state index < -0.39 is 10.0 Å². The molecule has 0 amide bonds. The van der Waals surface area contributed by atoms with E-state index in [0.717, 1.165) is 12.8 Å². The van der Waals surface area contributed by atoms with Gasteiger partial charge in [-0.2, -0.15) is 4.31 Å². The van der Waals surface area contributed by atoms with Gasteiger partial charge in [0, 0.05) is 19.0 Å². The summed E-state index contributed by atoms with van der Waals surface area (Å²) in [6.45, 7) is 3.95. The van der Waals surface area contributed by atoms with Gasteiger partial charge < -0.3 is 9.47 Å². The summed E-state index contributed by atoms with van der Waals surface area (Å²) < 4.78 is 38.0. The van der Waals surface area contributed by atoms with Crippen LogP contribution in [-0.2, 0) is 14.8 Å². The van der Waals surface area contributed by atoms with Gasteiger partial charge in [-0.15, -0.1) is 0 Å². The van der Waals surface area contributed by atoms with Crippen LogP contribution < -0.4 is 4.74 Å². The van der Waals surface area contributed by atoms with Crippen molar-refractivity contribution in [2.75, 3.05) is 26.8 Å². The van der Waals surface area contributed by atoms with E-state index in [-0.39, 0.29) is 0 Å². The molecular weight excluding hydrogens is 302 g/mol. The van der Waals surface area contributed by atoms with Crippen LogP contribution in [0, 0.1) is 11.8 Å². The van der Waals surface area contributed by atoms with Gasteiger partial charge >= 0.3 is 0 Å². The molecule has 0 N–H and O–H groups in total. The van der Waals surface area contributed by atoms with Gasteiger partial charge in [0.2, 0.25) is 10.0 Å². The molecule has 2 heterocycles. The summed E-state index contributed by atoms with van der Waals surface area (Å²) in [4.78, 5) is 0.331. The van der Waals surface area contributed by atoms with Gasteiger partial charge in [-0.1, -0.05) is 6.92 Å². The molecule has 1 aromatic rings. The first-order valence-corrected chi connectivity index (χ1v) is 9.26. The molecule has 6 heteroatoms. The average molecular weight is 325 g/mol. The fourth-order valence-corrected chi connectivity index (χ4v) is 5.10. The Morgan fingerprint density at radius 2 is 2.05 bits per heavy atom. The fraction of sp³-hybridized carbons (Fsp3) is 0.625. The number of hydrogen-bond donors (Lipinski definition) is 0. The summed E-state index contributed by atoms with van der Waals surface area (Å²) in [5, 5.41) is 0. The molecule has 2 aliphatic rings. The summed E-state index contributed by atoms with van der Waals surface area (Å²) in [5.74, 6) is 1.49. The van der Waals surface area contributed by atoms with Crippen LogP contribution in [0.15, 0.2) is 29.2 Å². The topological polar surface area (TPSA) is 55.8 Å². The smallest absolute Gasteiger partial charge is 0.243 e. The highest BCUT2D eigenvalue weighted by Crippen LogP contribution is 2.37. The largest absolute Gasteiger partial charge is 0.497 e. The molecule has 2 saturated heterocycles. The maximum Gasteiger partial charge on any atom is 0.243 e. The number of nitrogens with zero attached hydrogens (tertiary/aromatic N) is 1. The van der Waals surface area contributed by atoms with Crippen LogP contribution in [0.3, 0.4) is 0 Å². The quantitative estimate of drug-likeness (QED) is 0.851. The van der Waals surface area contributed by atoms with E-state index in [0.29, 0.717) is 48.3 Å². The lowest BCUT2D eigenvalue weighted by molar-refractivity contribution is 0.0850. The van der Waals surface area contributed by atoms with E-state index in [4.69, 9.17) is 9.47 Å². The lowest BCUT2D eigenvalue weighted by Gasteiger charge is -2.34. The number of ether oxygens (including phenoxy) is 2. The molecular formula is C16H23NO4S. The molecule has 0 spiro atoms. The molecule has 5 nitrogen and oxygen atoms in total. The standard InChI is InChI=1S/C16H23NO4S/c1-3-16-15-8-9-17(10-12(15)11-21-16)22(18,19)14-6-4-13(20-2)5-7-14/h4-7,12,15-16H,3,8-11H2,1-2H3/t12-,15-,16+/m1/s1. The van der Waals surface area contributed by atoms with Gasteiger partial charge in [-0.05, 0) is 43.0 Å². The molecule has 3 atom stereocenters. The second-order valence-electron chi connectivity index (χ2n) is 6.03. The Balaban J connectivity index is 1.76. The number of piperidine rings is 1. The lowest BCUT2D eigenvalue weighted by atomic mass is 9.84. The normalized spacial score (nSPS) is 29.3. The first kappa shape index (κ1) is 15.8. The van der Waals surface area contributed by atoms with Gasteiger partial charge in [0.1, 0.15) is 5.75 Å². The zero-order chi connectivity index (χ0) is 15.7. The van der Waals surface area contributed by atoms with Crippen LogP contribution in [-0.4, -0.2) is 45.6 Å². The maximum atomic E-state index is 12.8. The second-order valence-corrected chi connectivity index (χ2v) is 7.97. The van der Waals surface area contributed by atoms with Crippen molar-refractivity contribution in [1.82, 2.24) is 4.31 Å². The molecule has 22 heavy (non-hydrogen) atoms. The van der Waals surface area contributed by atoms with Crippen LogP contribution in [0.2, 0.25) is 0 Å². The molecule has 0 radical (unpaired) electrons. The minimum atomic E-state index is -3.43. The number of rotatable bonds is 4. The summed E-state index contributed by atoms with van der Waals surface area (Å²) in [6, 6.07) is 6.59. The van der Waals surface area contributed by atoms with E-state index in [1.807, 2.05) is 0 Å². The lowest BCUT2D eigenvalue weighted by Crippen LogP contribution is -2.44. The molecule has 0 aromatic heterocycles. The first-order valence-electron chi connectivity index (χ1n) is 7.82. The van der Waals surface area contributed by atoms with Crippen molar-refractivity contribution in [1.29, 1.82) is 0 Å². The highest BCUT2D eigenvalue weighted by molar-refractivity contribution is 7.89. The van der Waals surface area contributed by atoms with Crippen LogP contribution >= 0.6 is 0 Å². The Labute approximate surface area is 132 Å². The summed E-state index contributed by atoms with van der Waals surface area (Å²) in [5.41, 5.74) is 0. The van der Waals surface area contributed by atoms with Crippen molar-refractivity contribution in [3.63, 3.8) is 0 Å². The second kappa shape index (κ2) is 6.18. The number of hydrogen-bond acceptors (Lipinski definition) is 4. The predicted octanol–water partition coefficient (Wildman–Crippen LogP) is 2.13. The molecule has 0 unspecified atom stereocenters. The van der Waals surface area contributed by atoms with Crippen LogP contribution in [0.4, 0.5) is 0 Å². The minimum Gasteiger partial charge on any atom is -0.497 e. The molecule has 2 aliphatic heterocycles. The minimum absolute atomic E-state index is 0.302. The third kappa shape index (κ3) is 2.75. The number of benzene rings is 1. The van der Waals surface area contributed by atoms with Crippen molar-refractivity contribution >= 4 is 10.0 Å². The van der Waals surface area contributed by atoms with Gasteiger partial charge in [0.15, 0.2) is 0 Å². The Bertz CT molecular complexity index is 614. The Hall–Kier alpha value is -1.11. The fourth-order valence-electron chi connectivity index (χ4n) is 3.59. The maximum absolute atomic E-state index is 12.8. The first-order chi connectivity index (χ1) is 10.6. The molecule has 122 valence electrons. The van der Waals surface area contributed by atoms with E-state index in [9.17, 15) is 8.42 Å². The van der Waals surface area contributed by atoms with Gasteiger partial charge in [-0.25, -0.2) is 8.42 Å². The Kier molecular flexibility index (Phi) is 4.43. The molecule has 0 saturated carbocycles. The van der Waals surface area contributed by atoms with E-state index >= 15 is 0 Å². The highest BCUT2D eigenvalue weighted by Gasteiger charge is 2.42. The zero-order valence-electron chi connectivity index (χ0n) is 13.1. The summed E-state index contributed by atoms with van der Waals surface area (Å²) in [6.07, 6.45) is 2.20. The molecule has 2 fully saturated rings. The highest BCUT2D eigenvalue weighted by atomic mass is 32.2. The predicted molar refractivity (Wildman–Crippen MR) is 83.4 cm³/mol. The molecule has 1 aromatic carbocycles. The molecule has 0 aliphatic carbocycles. The number of methoxy groups -OCH3 is 1. The number of fused-ring (bicyclic) bond motifs is 1. The van der Waals surface area contributed by atoms with E-state index in [1.165, 1.54) is 0 Å². The molecule has 0 bridgehead atoms. The van der Waals surface area contributed by atoms with Crippen molar-refractivity contribution in [3.8, 4) is 5.75 Å². The van der Waals surface area contributed by atoms with Crippen LogP contribution in [0.25, 0.3) is 0 Å². The van der Waals surface area contributed by atoms with Gasteiger partial charge in [0.05, 0.1) is 24.7 Å². The SMILES string of the molecule is CC[C@@H]1OC[C@H]2CN(S(=O)(=O)c3ccc(OC)cc3)CC[C@H]21.